The van der Waals surface area contributed by atoms with Crippen molar-refractivity contribution in [3.63, 3.8) is 0 Å². The van der Waals surface area contributed by atoms with E-state index in [0.29, 0.717) is 12.6 Å². The third-order valence-electron chi connectivity index (χ3n) is 10.6. The Kier molecular flexibility index (Phi) is 18.7. The van der Waals surface area contributed by atoms with Crippen LogP contribution < -0.4 is 16.2 Å². The molecule has 344 valence electrons. The topological polar surface area (TPSA) is 195 Å². The zero-order chi connectivity index (χ0) is 46.7. The lowest BCUT2D eigenvalue weighted by Crippen LogP contribution is -2.55. The lowest BCUT2D eigenvalue weighted by atomic mass is 9.70. The fourth-order valence-electron chi connectivity index (χ4n) is 7.97. The highest BCUT2D eigenvalue weighted by atomic mass is 16.3. The van der Waals surface area contributed by atoms with E-state index in [0.717, 1.165) is 74.9 Å². The smallest absolute Gasteiger partial charge is 0.266 e. The van der Waals surface area contributed by atoms with Gasteiger partial charge < -0.3 is 15.5 Å². The van der Waals surface area contributed by atoms with Crippen LogP contribution in [0.3, 0.4) is 0 Å². The number of terminal acetylenes is 1. The van der Waals surface area contributed by atoms with Crippen molar-refractivity contribution in [3.8, 4) is 143 Å². The predicted molar refractivity (Wildman–Crippen MR) is 277 cm³/mol. The summed E-state index contributed by atoms with van der Waals surface area (Å²) in [6, 6.07) is 9.20. The van der Waals surface area contributed by atoms with E-state index in [9.17, 15) is 4.79 Å². The molecule has 66 heavy (non-hydrogen) atoms. The van der Waals surface area contributed by atoms with E-state index in [-0.39, 0.29) is 35.6 Å². The second-order valence-corrected chi connectivity index (χ2v) is 14.2. The number of aromatic nitrogens is 2. The van der Waals surface area contributed by atoms with Gasteiger partial charge in [0.25, 0.3) is 5.56 Å². The van der Waals surface area contributed by atoms with E-state index in [1.807, 2.05) is 9.85 Å². The number of nitrogens with two attached hydrogens (primary N) is 1. The van der Waals surface area contributed by atoms with Crippen molar-refractivity contribution < 1.29 is 18.5 Å². The average Bonchev–Trinajstić information content (AvgIpc) is 3.89. The van der Waals surface area contributed by atoms with Crippen molar-refractivity contribution in [1.82, 2.24) is 14.5 Å². The molecule has 0 bridgehead atoms. The molecule has 2 saturated heterocycles. The van der Waals surface area contributed by atoms with Crippen LogP contribution in [-0.4, -0.2) is 46.0 Å². The second kappa shape index (κ2) is 26.0. The minimum atomic E-state index is 0. The van der Waals surface area contributed by atoms with Crippen molar-refractivity contribution in [2.24, 2.45) is 47.5 Å². The van der Waals surface area contributed by atoms with E-state index in [1.54, 1.807) is 6.92 Å². The number of hydrogen-bond donors (Lipinski definition) is 2. The quantitative estimate of drug-likeness (QED) is 0.136. The first-order valence-corrected chi connectivity index (χ1v) is 20.4. The number of rotatable bonds is 3. The van der Waals surface area contributed by atoms with Gasteiger partial charge >= 0.3 is 0 Å². The van der Waals surface area contributed by atoms with Crippen LogP contribution in [0.5, 0.6) is 0 Å². The Morgan fingerprint density at radius 1 is 0.773 bits per heavy atom. The number of nitroso groups, excluding NO2 is 1. The average molecular weight is 890 g/mol. The molecule has 4 aliphatic heterocycles. The summed E-state index contributed by atoms with van der Waals surface area (Å²) in [5.74, 6) is 58.7. The monoisotopic (exact) mass is 890 g/mol. The van der Waals surface area contributed by atoms with Gasteiger partial charge in [-0.2, -0.15) is 5.53 Å². The molecular weight excluding hydrogens is 827 g/mol. The normalized spacial score (nSPS) is 17.7. The lowest BCUT2D eigenvalue weighted by Gasteiger charge is -2.50. The fourth-order valence-corrected chi connectivity index (χ4v) is 7.97. The molecule has 7 rings (SSSR count). The highest BCUT2D eigenvalue weighted by Crippen LogP contribution is 2.53. The molecule has 1 aliphatic carbocycles. The molecule has 5 aliphatic rings. The molecule has 0 amide bonds. The third kappa shape index (κ3) is 13.2. The molecule has 5 heterocycles. The zero-order valence-electron chi connectivity index (χ0n) is 35.8. The Hall–Kier alpha value is -9.55. The van der Waals surface area contributed by atoms with E-state index in [2.05, 4.69) is 196 Å². The van der Waals surface area contributed by atoms with Crippen LogP contribution in [0.1, 0.15) is 92.4 Å². The fraction of sp³-hybridized carbons (Fsp3) is 0.314. The minimum Gasteiger partial charge on any atom is -0.356 e. The molecule has 0 unspecified atom stereocenters. The van der Waals surface area contributed by atoms with Crippen LogP contribution in [0.15, 0.2) is 65.5 Å². The maximum atomic E-state index is 13.7. The van der Waals surface area contributed by atoms with Gasteiger partial charge in [0.15, 0.2) is 0 Å². The number of nitrogens with one attached hydrogen (secondary N) is 1. The van der Waals surface area contributed by atoms with Crippen LogP contribution >= 0.6 is 0 Å². The summed E-state index contributed by atoms with van der Waals surface area (Å²) in [5.41, 5.74) is 17.5. The van der Waals surface area contributed by atoms with E-state index in [4.69, 9.17) is 32.6 Å². The van der Waals surface area contributed by atoms with Crippen molar-refractivity contribution >= 4 is 11.8 Å². The number of fused-ring (bicyclic) bond motifs is 5. The molecule has 0 saturated carbocycles. The van der Waals surface area contributed by atoms with Gasteiger partial charge in [-0.3, -0.25) is 14.4 Å². The number of anilines is 1. The standard InChI is InChI=1S/C26H32N6O.C25H4.HN7O.13H2/c27-22-19-7-3-2-6-17(19)14-26(22)9-13-31-18(15-26)8-12-32-24(33)21-20(29-25(31)32)16-28-23(21)30-10-4-1-5-11-30;1-3-5-7-9-11-13-15-17-19-21-23-25-24-22-20-18-16-14-12-10-8-6-4-2;1-2-3-4-5-6-7-8;;;;;;;;;;;;;/h2-3,6-7,18,22H,1,4-5,8-16,27H2;1H,2H3;1H;13*1H/b;;2-1?,4-3+,6-5+;;;;;;;;;;;;;/t18-,22+,26+;;;;;;;;;;;;;;;/m0.............../s1. The second-order valence-electron chi connectivity index (χ2n) is 14.2. The molecule has 1 spiro atoms. The predicted octanol–water partition coefficient (Wildman–Crippen LogP) is 7.91. The van der Waals surface area contributed by atoms with E-state index in [1.165, 1.54) is 30.4 Å². The number of nitrogens with zero attached hydrogens (tertiary/aromatic N) is 11. The molecule has 0 radical (unpaired) electrons. The SMILES string of the molecule is C#CC#CC#CC#CC#CC#CC#CC#CC#CC#CC#CC#CC.N=N/N=N/N=N/N=O.N[C@@H]1c2ccccc2C[C@@]12CCN1c3nc4c(c(=O)n3CC[C@H]1C2)C(N1CCCCC1)=NC4.[HH].[HH].[HH].[HH].[HH].[HH].[HH].[HH].[HH].[HH].[HH].[HH].[HH]. The van der Waals surface area contributed by atoms with E-state index < -0.39 is 0 Å². The number of piperidine rings is 2. The summed E-state index contributed by atoms with van der Waals surface area (Å²) in [7, 11) is 0. The summed E-state index contributed by atoms with van der Waals surface area (Å²) < 4.78 is 1.93. The summed E-state index contributed by atoms with van der Waals surface area (Å²) >= 11 is 0. The van der Waals surface area contributed by atoms with Crippen LogP contribution in [0, 0.1) is 158 Å². The summed E-state index contributed by atoms with van der Waals surface area (Å²) in [4.78, 5) is 37.3. The van der Waals surface area contributed by atoms with Gasteiger partial charge in [-0.05, 0) is 179 Å². The number of hydrogen-bond acceptors (Lipinski definition) is 8. The largest absolute Gasteiger partial charge is 0.356 e. The molecule has 15 heteroatoms. The Morgan fingerprint density at radius 3 is 1.91 bits per heavy atom. The van der Waals surface area contributed by atoms with Crippen molar-refractivity contribution in [1.29, 1.82) is 5.53 Å². The van der Waals surface area contributed by atoms with Gasteiger partial charge in [0, 0.05) is 103 Å². The number of amidine groups is 1. The molecule has 1 aromatic heterocycles. The van der Waals surface area contributed by atoms with Gasteiger partial charge in [0.2, 0.25) is 5.95 Å². The first-order valence-electron chi connectivity index (χ1n) is 20.4. The van der Waals surface area contributed by atoms with Gasteiger partial charge in [-0.1, -0.05) is 30.2 Å². The Labute approximate surface area is 403 Å². The highest BCUT2D eigenvalue weighted by molar-refractivity contribution is 6.01. The van der Waals surface area contributed by atoms with E-state index >= 15 is 0 Å². The lowest BCUT2D eigenvalue weighted by molar-refractivity contribution is 0.145. The summed E-state index contributed by atoms with van der Waals surface area (Å²) in [6.07, 6.45) is 12.7. The number of benzene rings is 1. The maximum Gasteiger partial charge on any atom is 0.266 e. The van der Waals surface area contributed by atoms with Gasteiger partial charge in [0.1, 0.15) is 16.7 Å². The zero-order valence-corrected chi connectivity index (χ0v) is 35.8. The molecule has 15 nitrogen and oxygen atoms in total. The number of likely N-dealkylation sites (tertiary alicyclic amines) is 1. The van der Waals surface area contributed by atoms with Crippen molar-refractivity contribution in [3.05, 3.63) is 61.9 Å². The summed E-state index contributed by atoms with van der Waals surface area (Å²) in [6.45, 7) is 5.88. The maximum absolute atomic E-state index is 13.7. The molecule has 1 aromatic carbocycles. The minimum absolute atomic E-state index is 0. The van der Waals surface area contributed by atoms with Crippen molar-refractivity contribution in [2.45, 2.75) is 77.0 Å². The van der Waals surface area contributed by atoms with Crippen LogP contribution in [0.2, 0.25) is 0 Å². The van der Waals surface area contributed by atoms with Crippen LogP contribution in [0.25, 0.3) is 0 Å². The Balaban J connectivity index is -0.000000139. The third-order valence-corrected chi connectivity index (χ3v) is 10.6. The first-order chi connectivity index (χ1) is 32.5. The molecule has 3 N–H and O–H groups in total. The van der Waals surface area contributed by atoms with Gasteiger partial charge in [-0.15, -0.1) is 11.3 Å². The van der Waals surface area contributed by atoms with Crippen molar-refractivity contribution in [2.75, 3.05) is 24.5 Å². The highest BCUT2D eigenvalue weighted by Gasteiger charge is 2.50. The molecular formula is C51H63N13O2. The number of aliphatic imine (C=N–C) groups is 1. The van der Waals surface area contributed by atoms with Crippen LogP contribution in [-0.2, 0) is 19.5 Å². The van der Waals surface area contributed by atoms with Gasteiger partial charge in [-0.25, -0.2) is 4.98 Å². The summed E-state index contributed by atoms with van der Waals surface area (Å²) in [5, 5.41) is 14.9. The van der Waals surface area contributed by atoms with Crippen LogP contribution in [0.4, 0.5) is 5.95 Å². The first kappa shape index (κ1) is 47.5. The van der Waals surface area contributed by atoms with Gasteiger partial charge in [0.05, 0.1) is 12.2 Å². The molecule has 3 atom stereocenters. The Morgan fingerprint density at radius 2 is 1.35 bits per heavy atom. The molecule has 2 aromatic rings. The Bertz CT molecular complexity index is 3200. The molecule has 2 fully saturated rings.